The van der Waals surface area contributed by atoms with Gasteiger partial charge in [-0.25, -0.2) is 4.79 Å². The summed E-state index contributed by atoms with van der Waals surface area (Å²) in [5.41, 5.74) is 6.19. The minimum atomic E-state index is -0.710. The summed E-state index contributed by atoms with van der Waals surface area (Å²) >= 11 is 0. The minimum absolute atomic E-state index is 0.0142. The molecule has 10 nitrogen and oxygen atoms in total. The molecule has 4 aromatic rings. The fourth-order valence-electron chi connectivity index (χ4n) is 4.11. The van der Waals surface area contributed by atoms with Crippen molar-refractivity contribution in [2.75, 3.05) is 17.2 Å². The van der Waals surface area contributed by atoms with Gasteiger partial charge in [-0.1, -0.05) is 55.8 Å². The summed E-state index contributed by atoms with van der Waals surface area (Å²) < 4.78 is 2.85. The van der Waals surface area contributed by atoms with Crippen LogP contribution in [0.4, 0.5) is 11.5 Å². The lowest BCUT2D eigenvalue weighted by Gasteiger charge is -2.25. The first kappa shape index (κ1) is 24.6. The van der Waals surface area contributed by atoms with Crippen molar-refractivity contribution in [1.82, 2.24) is 19.3 Å². The number of aromatic amines is 1. The number of fused-ring (bicyclic) bond motifs is 1. The number of nitrogens with one attached hydrogen (secondary N) is 1. The van der Waals surface area contributed by atoms with E-state index in [9.17, 15) is 19.2 Å². The van der Waals surface area contributed by atoms with Crippen LogP contribution in [-0.2, 0) is 17.9 Å². The van der Waals surface area contributed by atoms with Gasteiger partial charge >= 0.3 is 5.69 Å². The monoisotopic (exact) mass is 488 g/mol. The third kappa shape index (κ3) is 5.12. The molecule has 2 aromatic carbocycles. The van der Waals surface area contributed by atoms with Crippen molar-refractivity contribution in [2.24, 2.45) is 0 Å². The highest BCUT2D eigenvalue weighted by atomic mass is 16.2. The number of unbranched alkanes of at least 4 members (excludes halogenated alkanes) is 1. The smallest absolute Gasteiger partial charge is 0.330 e. The number of hydrogen-bond acceptors (Lipinski definition) is 6. The van der Waals surface area contributed by atoms with Crippen LogP contribution < -0.4 is 27.3 Å². The van der Waals surface area contributed by atoms with Gasteiger partial charge in [-0.05, 0) is 24.1 Å². The van der Waals surface area contributed by atoms with Crippen molar-refractivity contribution in [3.8, 4) is 0 Å². The lowest BCUT2D eigenvalue weighted by molar-refractivity contribution is -0.118. The summed E-state index contributed by atoms with van der Waals surface area (Å²) in [7, 11) is 0. The van der Waals surface area contributed by atoms with E-state index in [1.54, 1.807) is 28.9 Å². The summed E-state index contributed by atoms with van der Waals surface area (Å²) in [6.45, 7) is 2.59. The summed E-state index contributed by atoms with van der Waals surface area (Å²) in [5.74, 6) is -0.404. The van der Waals surface area contributed by atoms with E-state index in [0.717, 1.165) is 12.0 Å². The summed E-state index contributed by atoms with van der Waals surface area (Å²) in [6, 6.07) is 16.3. The third-order valence-corrected chi connectivity index (χ3v) is 6.00. The molecule has 0 aliphatic rings. The van der Waals surface area contributed by atoms with E-state index in [1.165, 1.54) is 15.7 Å². The summed E-state index contributed by atoms with van der Waals surface area (Å²) in [4.78, 5) is 54.6. The maximum absolute atomic E-state index is 13.4. The maximum atomic E-state index is 13.4. The van der Waals surface area contributed by atoms with Crippen LogP contribution in [0.25, 0.3) is 10.9 Å². The third-order valence-electron chi connectivity index (χ3n) is 6.00. The largest absolute Gasteiger partial charge is 0.383 e. The second-order valence-corrected chi connectivity index (χ2v) is 8.46. The molecule has 2 aromatic heterocycles. The number of H-pyrrole nitrogens is 1. The van der Waals surface area contributed by atoms with E-state index < -0.39 is 11.2 Å². The number of carbonyl (C=O) groups is 1. The topological polar surface area (TPSA) is 136 Å². The first-order chi connectivity index (χ1) is 17.4. The van der Waals surface area contributed by atoms with Gasteiger partial charge in [-0.15, -0.1) is 0 Å². The number of nitrogens with two attached hydrogens (primary N) is 1. The molecule has 0 aliphatic heterocycles. The van der Waals surface area contributed by atoms with E-state index in [0.29, 0.717) is 17.3 Å². The Morgan fingerprint density at radius 3 is 2.53 bits per heavy atom. The van der Waals surface area contributed by atoms with Gasteiger partial charge in [0.25, 0.3) is 5.56 Å². The number of nitrogens with zero attached hydrogens (tertiary/aromatic N) is 4. The molecule has 0 unspecified atom stereocenters. The minimum Gasteiger partial charge on any atom is -0.383 e. The van der Waals surface area contributed by atoms with Crippen molar-refractivity contribution < 1.29 is 4.79 Å². The van der Waals surface area contributed by atoms with Gasteiger partial charge < -0.3 is 10.6 Å². The lowest BCUT2D eigenvalue weighted by Crippen LogP contribution is -2.42. The Morgan fingerprint density at radius 2 is 1.78 bits per heavy atom. The SMILES string of the molecule is CCCCN(C(=O)CCn1ncc(=O)c2ccccc21)c1c(N)n(Cc2ccccc2)c(=O)[nH]c1=O. The Bertz CT molecular complexity index is 1550. The molecule has 2 heterocycles. The molecule has 36 heavy (non-hydrogen) atoms. The second kappa shape index (κ2) is 10.9. The van der Waals surface area contributed by atoms with Crippen molar-refractivity contribution in [3.05, 3.63) is 97.4 Å². The number of aromatic nitrogens is 4. The van der Waals surface area contributed by atoms with Crippen LogP contribution >= 0.6 is 0 Å². The normalized spacial score (nSPS) is 11.0. The number of anilines is 2. The molecule has 0 spiro atoms. The van der Waals surface area contributed by atoms with Gasteiger partial charge in [0.2, 0.25) is 11.3 Å². The zero-order valence-corrected chi connectivity index (χ0v) is 20.0. The second-order valence-electron chi connectivity index (χ2n) is 8.46. The Morgan fingerprint density at radius 1 is 1.06 bits per heavy atom. The Balaban J connectivity index is 1.67. The predicted octanol–water partition coefficient (Wildman–Crippen LogP) is 2.10. The first-order valence-corrected chi connectivity index (χ1v) is 11.8. The number of aryl methyl sites for hydroxylation is 1. The molecule has 0 aliphatic carbocycles. The number of rotatable bonds is 9. The molecule has 0 saturated carbocycles. The molecular formula is C26H28N6O4. The number of amides is 1. The van der Waals surface area contributed by atoms with Crippen LogP contribution in [0.5, 0.6) is 0 Å². The molecule has 0 fully saturated rings. The van der Waals surface area contributed by atoms with Gasteiger partial charge in [0, 0.05) is 18.4 Å². The molecule has 10 heteroatoms. The quantitative estimate of drug-likeness (QED) is 0.370. The molecule has 0 saturated heterocycles. The standard InChI is InChI=1S/C26H28N6O4/c1-2-3-14-30(22(34)13-15-32-20-12-8-7-11-19(20)21(33)16-28-32)23-24(27)31(26(36)29-25(23)35)17-18-9-5-4-6-10-18/h4-12,16H,2-3,13-15,17,27H2,1H3,(H,29,35,36). The van der Waals surface area contributed by atoms with Gasteiger partial charge in [0.15, 0.2) is 5.69 Å². The number of carbonyl (C=O) groups excluding carboxylic acids is 1. The van der Waals surface area contributed by atoms with Crippen molar-refractivity contribution in [2.45, 2.75) is 39.3 Å². The van der Waals surface area contributed by atoms with Gasteiger partial charge in [-0.3, -0.25) is 28.6 Å². The van der Waals surface area contributed by atoms with E-state index in [4.69, 9.17) is 5.73 Å². The Labute approximate surface area is 206 Å². The average molecular weight is 489 g/mol. The fourth-order valence-corrected chi connectivity index (χ4v) is 4.11. The lowest BCUT2D eigenvalue weighted by atomic mass is 10.2. The van der Waals surface area contributed by atoms with Crippen molar-refractivity contribution >= 4 is 28.3 Å². The van der Waals surface area contributed by atoms with Crippen LogP contribution in [0.2, 0.25) is 0 Å². The van der Waals surface area contributed by atoms with Crippen LogP contribution in [0.15, 0.2) is 75.2 Å². The molecule has 4 rings (SSSR count). The van der Waals surface area contributed by atoms with Gasteiger partial charge in [0.1, 0.15) is 5.82 Å². The number of para-hydroxylation sites is 1. The molecule has 186 valence electrons. The Hall–Kier alpha value is -4.47. The molecule has 0 radical (unpaired) electrons. The number of nitrogen functional groups attached to an aromatic ring is 1. The van der Waals surface area contributed by atoms with Crippen molar-refractivity contribution in [1.29, 1.82) is 0 Å². The highest BCUT2D eigenvalue weighted by Crippen LogP contribution is 2.20. The zero-order chi connectivity index (χ0) is 25.7. The van der Waals surface area contributed by atoms with E-state index >= 15 is 0 Å². The zero-order valence-electron chi connectivity index (χ0n) is 20.0. The maximum Gasteiger partial charge on any atom is 0.330 e. The van der Waals surface area contributed by atoms with Crippen LogP contribution in [0.3, 0.4) is 0 Å². The van der Waals surface area contributed by atoms with E-state index in [-0.39, 0.29) is 48.9 Å². The van der Waals surface area contributed by atoms with Crippen LogP contribution in [-0.4, -0.2) is 31.8 Å². The average Bonchev–Trinajstić information content (AvgIpc) is 2.88. The molecule has 3 N–H and O–H groups in total. The predicted molar refractivity (Wildman–Crippen MR) is 139 cm³/mol. The fraction of sp³-hybridized carbons (Fsp3) is 0.269. The van der Waals surface area contributed by atoms with Gasteiger partial charge in [-0.2, -0.15) is 5.10 Å². The van der Waals surface area contributed by atoms with Crippen molar-refractivity contribution in [3.63, 3.8) is 0 Å². The highest BCUT2D eigenvalue weighted by molar-refractivity contribution is 5.95. The van der Waals surface area contributed by atoms with Crippen LogP contribution in [0.1, 0.15) is 31.7 Å². The molecule has 1 amide bonds. The van der Waals surface area contributed by atoms with Gasteiger partial charge in [0.05, 0.1) is 24.8 Å². The first-order valence-electron chi connectivity index (χ1n) is 11.8. The van der Waals surface area contributed by atoms with Crippen LogP contribution in [0, 0.1) is 0 Å². The summed E-state index contributed by atoms with van der Waals surface area (Å²) in [5, 5.41) is 4.69. The van der Waals surface area contributed by atoms with E-state index in [2.05, 4.69) is 10.1 Å². The molecule has 0 atom stereocenters. The van der Waals surface area contributed by atoms with E-state index in [1.807, 2.05) is 37.3 Å². The number of benzene rings is 2. The highest BCUT2D eigenvalue weighted by Gasteiger charge is 2.24. The summed E-state index contributed by atoms with van der Waals surface area (Å²) in [6.07, 6.45) is 2.67. The molecule has 0 bridgehead atoms. The molecular weight excluding hydrogens is 460 g/mol. The Kier molecular flexibility index (Phi) is 7.43. The number of hydrogen-bond donors (Lipinski definition) is 2.